The predicted molar refractivity (Wildman–Crippen MR) is 118 cm³/mol. The molecule has 0 saturated heterocycles. The third kappa shape index (κ3) is 3.36. The van der Waals surface area contributed by atoms with Gasteiger partial charge in [-0.1, -0.05) is 15.9 Å². The summed E-state index contributed by atoms with van der Waals surface area (Å²) in [6.07, 6.45) is 1.60. The van der Waals surface area contributed by atoms with Gasteiger partial charge in [0.15, 0.2) is 11.5 Å². The molecule has 0 atom stereocenters. The van der Waals surface area contributed by atoms with E-state index in [1.54, 1.807) is 36.5 Å². The lowest BCUT2D eigenvalue weighted by Gasteiger charge is -2.13. The minimum Gasteiger partial charge on any atom is -0.493 e. The van der Waals surface area contributed by atoms with Crippen LogP contribution in [-0.4, -0.2) is 23.8 Å². The Balaban J connectivity index is 1.80. The quantitative estimate of drug-likeness (QED) is 0.390. The molecular weight excluding hydrogens is 460 g/mol. The number of halogens is 1. The SMILES string of the molecule is COc1cc(Br)c(Cn2cnc3scc(-c4ccc(C)s4)c3c2=O)cc1OC. The van der Waals surface area contributed by atoms with Crippen LogP contribution in [0, 0.1) is 6.92 Å². The molecule has 3 aromatic heterocycles. The second-order valence-electron chi connectivity index (χ2n) is 6.22. The van der Waals surface area contributed by atoms with Crippen molar-refractivity contribution < 1.29 is 9.47 Å². The molecule has 0 unspecified atom stereocenters. The first-order chi connectivity index (χ1) is 13.5. The lowest BCUT2D eigenvalue weighted by Crippen LogP contribution is -2.21. The largest absolute Gasteiger partial charge is 0.493 e. The smallest absolute Gasteiger partial charge is 0.263 e. The van der Waals surface area contributed by atoms with Crippen molar-refractivity contribution >= 4 is 48.8 Å². The number of nitrogens with zero attached hydrogens (tertiary/aromatic N) is 2. The van der Waals surface area contributed by atoms with Gasteiger partial charge in [0, 0.05) is 25.2 Å². The van der Waals surface area contributed by atoms with Gasteiger partial charge in [0.1, 0.15) is 4.83 Å². The van der Waals surface area contributed by atoms with E-state index < -0.39 is 0 Å². The first-order valence-electron chi connectivity index (χ1n) is 8.45. The fourth-order valence-electron chi connectivity index (χ4n) is 3.04. The Kier molecular flexibility index (Phi) is 5.27. The van der Waals surface area contributed by atoms with Crippen molar-refractivity contribution in [3.63, 3.8) is 0 Å². The number of aromatic nitrogens is 2. The van der Waals surface area contributed by atoms with Gasteiger partial charge >= 0.3 is 0 Å². The van der Waals surface area contributed by atoms with Crippen LogP contribution < -0.4 is 15.0 Å². The normalized spacial score (nSPS) is 11.1. The zero-order chi connectivity index (χ0) is 19.8. The number of benzene rings is 1. The summed E-state index contributed by atoms with van der Waals surface area (Å²) in [6, 6.07) is 7.84. The topological polar surface area (TPSA) is 53.4 Å². The van der Waals surface area contributed by atoms with Gasteiger partial charge in [0.25, 0.3) is 5.56 Å². The van der Waals surface area contributed by atoms with Crippen LogP contribution in [0.25, 0.3) is 20.7 Å². The van der Waals surface area contributed by atoms with Crippen molar-refractivity contribution in [3.8, 4) is 21.9 Å². The van der Waals surface area contributed by atoms with Crippen LogP contribution in [-0.2, 0) is 6.54 Å². The summed E-state index contributed by atoms with van der Waals surface area (Å²) in [6.45, 7) is 2.44. The zero-order valence-electron chi connectivity index (χ0n) is 15.5. The highest BCUT2D eigenvalue weighted by atomic mass is 79.9. The lowest BCUT2D eigenvalue weighted by molar-refractivity contribution is 0.354. The van der Waals surface area contributed by atoms with E-state index >= 15 is 0 Å². The molecule has 0 amide bonds. The summed E-state index contributed by atoms with van der Waals surface area (Å²) in [5.74, 6) is 1.25. The number of thiophene rings is 2. The molecule has 4 aromatic rings. The first kappa shape index (κ1) is 19.2. The molecule has 0 saturated carbocycles. The van der Waals surface area contributed by atoms with Crippen molar-refractivity contribution in [1.82, 2.24) is 9.55 Å². The van der Waals surface area contributed by atoms with Crippen molar-refractivity contribution in [2.75, 3.05) is 14.2 Å². The molecule has 0 radical (unpaired) electrons. The minimum atomic E-state index is -0.0472. The van der Waals surface area contributed by atoms with E-state index in [0.29, 0.717) is 23.4 Å². The number of ether oxygens (including phenoxy) is 2. The highest BCUT2D eigenvalue weighted by Gasteiger charge is 2.16. The van der Waals surface area contributed by atoms with Gasteiger partial charge < -0.3 is 9.47 Å². The average molecular weight is 477 g/mol. The molecule has 1 aromatic carbocycles. The summed E-state index contributed by atoms with van der Waals surface area (Å²) in [5.41, 5.74) is 1.81. The van der Waals surface area contributed by atoms with Crippen LogP contribution in [0.2, 0.25) is 0 Å². The molecule has 0 aliphatic rings. The van der Waals surface area contributed by atoms with Crippen molar-refractivity contribution in [1.29, 1.82) is 0 Å². The van der Waals surface area contributed by atoms with E-state index in [4.69, 9.17) is 9.47 Å². The van der Waals surface area contributed by atoms with Crippen molar-refractivity contribution in [3.05, 3.63) is 61.2 Å². The molecule has 5 nitrogen and oxygen atoms in total. The molecule has 0 N–H and O–H groups in total. The average Bonchev–Trinajstić information content (AvgIpc) is 3.31. The van der Waals surface area contributed by atoms with E-state index in [2.05, 4.69) is 40.0 Å². The van der Waals surface area contributed by atoms with Crippen LogP contribution in [0.3, 0.4) is 0 Å². The number of methoxy groups -OCH3 is 2. The Hall–Kier alpha value is -2.16. The number of rotatable bonds is 5. The lowest BCUT2D eigenvalue weighted by atomic mass is 10.2. The van der Waals surface area contributed by atoms with Crippen molar-refractivity contribution in [2.24, 2.45) is 0 Å². The first-order valence-corrected chi connectivity index (χ1v) is 10.9. The highest BCUT2D eigenvalue weighted by molar-refractivity contribution is 9.10. The number of fused-ring (bicyclic) bond motifs is 1. The van der Waals surface area contributed by atoms with E-state index in [-0.39, 0.29) is 5.56 Å². The fourth-order valence-corrected chi connectivity index (χ4v) is 5.35. The molecule has 8 heteroatoms. The number of aryl methyl sites for hydroxylation is 1. The van der Waals surface area contributed by atoms with E-state index in [0.717, 1.165) is 25.3 Å². The molecule has 0 bridgehead atoms. The second-order valence-corrected chi connectivity index (χ2v) is 9.22. The zero-order valence-corrected chi connectivity index (χ0v) is 18.7. The molecule has 144 valence electrons. The van der Waals surface area contributed by atoms with E-state index in [1.165, 1.54) is 16.2 Å². The molecule has 28 heavy (non-hydrogen) atoms. The Bertz CT molecular complexity index is 1230. The number of hydrogen-bond donors (Lipinski definition) is 0. The third-order valence-corrected chi connectivity index (χ3v) is 7.12. The van der Waals surface area contributed by atoms with Gasteiger partial charge in [-0.05, 0) is 36.8 Å². The van der Waals surface area contributed by atoms with Gasteiger partial charge in [0.2, 0.25) is 0 Å². The summed E-state index contributed by atoms with van der Waals surface area (Å²) >= 11 is 6.74. The summed E-state index contributed by atoms with van der Waals surface area (Å²) in [4.78, 5) is 20.8. The molecule has 0 spiro atoms. The molecule has 0 aliphatic carbocycles. The molecule has 3 heterocycles. The van der Waals surface area contributed by atoms with Gasteiger partial charge in [0.05, 0.1) is 32.5 Å². The van der Waals surface area contributed by atoms with Crippen LogP contribution >= 0.6 is 38.6 Å². The Morgan fingerprint density at radius 3 is 2.61 bits per heavy atom. The maximum absolute atomic E-state index is 13.2. The van der Waals surface area contributed by atoms with Crippen molar-refractivity contribution in [2.45, 2.75) is 13.5 Å². The van der Waals surface area contributed by atoms with E-state index in [9.17, 15) is 4.79 Å². The summed E-state index contributed by atoms with van der Waals surface area (Å²) in [7, 11) is 3.19. The van der Waals surface area contributed by atoms with Crippen LogP contribution in [0.1, 0.15) is 10.4 Å². The minimum absolute atomic E-state index is 0.0472. The van der Waals surface area contributed by atoms with Gasteiger partial charge in [-0.25, -0.2) is 4.98 Å². The van der Waals surface area contributed by atoms with Gasteiger partial charge in [-0.2, -0.15) is 0 Å². The monoisotopic (exact) mass is 476 g/mol. The summed E-state index contributed by atoms with van der Waals surface area (Å²) in [5, 5.41) is 2.69. The van der Waals surface area contributed by atoms with Crippen LogP contribution in [0.4, 0.5) is 0 Å². The van der Waals surface area contributed by atoms with Gasteiger partial charge in [-0.3, -0.25) is 9.36 Å². The molecule has 0 aliphatic heterocycles. The van der Waals surface area contributed by atoms with Gasteiger partial charge in [-0.15, -0.1) is 22.7 Å². The van der Waals surface area contributed by atoms with Crippen LogP contribution in [0.5, 0.6) is 11.5 Å². The second kappa shape index (κ2) is 7.69. The molecule has 4 rings (SSSR count). The predicted octanol–water partition coefficient (Wildman–Crippen LogP) is 5.32. The summed E-state index contributed by atoms with van der Waals surface area (Å²) < 4.78 is 13.2. The maximum atomic E-state index is 13.2. The van der Waals surface area contributed by atoms with Crippen LogP contribution in [0.15, 0.2) is 45.2 Å². The molecular formula is C20H17BrN2O3S2. The Morgan fingerprint density at radius 1 is 1.18 bits per heavy atom. The Labute approximate surface area is 178 Å². The number of hydrogen-bond acceptors (Lipinski definition) is 6. The third-order valence-electron chi connectivity index (χ3n) is 4.46. The standard InChI is InChI=1S/C20H17BrN2O3S2/c1-11-4-5-17(28-11)13-9-27-19-18(13)20(24)23(10-22-19)8-12-6-15(25-2)16(26-3)7-14(12)21/h4-7,9-10H,8H2,1-3H3. The highest BCUT2D eigenvalue weighted by Crippen LogP contribution is 2.36. The fraction of sp³-hybridized carbons (Fsp3) is 0.200. The molecule has 0 fully saturated rings. The Morgan fingerprint density at radius 2 is 1.93 bits per heavy atom. The van der Waals surface area contributed by atoms with E-state index in [1.807, 2.05) is 17.5 Å². The maximum Gasteiger partial charge on any atom is 0.263 e.